The second kappa shape index (κ2) is 6.20. The number of aryl methyl sites for hydroxylation is 3. The molecule has 1 saturated heterocycles. The van der Waals surface area contributed by atoms with Crippen LogP contribution in [-0.2, 0) is 17.6 Å². The number of carbonyl (C=O) groups is 1. The topological polar surface area (TPSA) is 93.4 Å². The number of nitrogens with one attached hydrogen (secondary N) is 1. The molecule has 0 spiro atoms. The zero-order valence-corrected chi connectivity index (χ0v) is 13.5. The number of hydrogen-bond donors (Lipinski definition) is 1. The van der Waals surface area contributed by atoms with E-state index in [4.69, 9.17) is 9.15 Å². The minimum absolute atomic E-state index is 0.209. The van der Waals surface area contributed by atoms with Gasteiger partial charge in [-0.1, -0.05) is 0 Å². The molecule has 2 aromatic heterocycles. The van der Waals surface area contributed by atoms with Crippen molar-refractivity contribution in [3.63, 3.8) is 0 Å². The van der Waals surface area contributed by atoms with Crippen molar-refractivity contribution in [1.82, 2.24) is 20.1 Å². The normalized spacial score (nSPS) is 20.0. The van der Waals surface area contributed by atoms with Gasteiger partial charge < -0.3 is 19.4 Å². The average Bonchev–Trinajstić information content (AvgIpc) is 3.23. The summed E-state index contributed by atoms with van der Waals surface area (Å²) in [6, 6.07) is 1.43. The number of fused-ring (bicyclic) bond motifs is 1. The van der Waals surface area contributed by atoms with E-state index in [-0.39, 0.29) is 12.1 Å². The van der Waals surface area contributed by atoms with Crippen molar-refractivity contribution in [3.8, 4) is 0 Å². The molecular formula is C16H19N5O3. The van der Waals surface area contributed by atoms with E-state index in [1.807, 2.05) is 6.07 Å². The Hall–Kier alpha value is -2.48. The Morgan fingerprint density at radius 3 is 3.12 bits per heavy atom. The SMILES string of the molecule is Cc1nnc([C@H]2COCCN2C(=O)Nc2cnc3c(c2)CCC3)o1. The number of urea groups is 1. The fourth-order valence-electron chi connectivity index (χ4n) is 3.19. The lowest BCUT2D eigenvalue weighted by atomic mass is 10.2. The largest absolute Gasteiger partial charge is 0.423 e. The lowest BCUT2D eigenvalue weighted by molar-refractivity contribution is 0.00511. The minimum Gasteiger partial charge on any atom is -0.423 e. The van der Waals surface area contributed by atoms with Gasteiger partial charge in [0.2, 0.25) is 11.8 Å². The first kappa shape index (κ1) is 15.1. The van der Waals surface area contributed by atoms with Crippen LogP contribution in [0.5, 0.6) is 0 Å². The molecule has 1 fully saturated rings. The van der Waals surface area contributed by atoms with Crippen molar-refractivity contribution in [3.05, 3.63) is 35.3 Å². The fourth-order valence-corrected chi connectivity index (χ4v) is 3.19. The quantitative estimate of drug-likeness (QED) is 0.904. The summed E-state index contributed by atoms with van der Waals surface area (Å²) in [5.74, 6) is 0.869. The molecule has 2 aromatic rings. The van der Waals surface area contributed by atoms with Gasteiger partial charge in [0.05, 0.1) is 25.1 Å². The molecule has 2 amide bonds. The predicted octanol–water partition coefficient (Wildman–Crippen LogP) is 1.87. The predicted molar refractivity (Wildman–Crippen MR) is 84.6 cm³/mol. The summed E-state index contributed by atoms with van der Waals surface area (Å²) in [4.78, 5) is 18.8. The molecule has 0 radical (unpaired) electrons. The second-order valence-electron chi connectivity index (χ2n) is 6.06. The van der Waals surface area contributed by atoms with Gasteiger partial charge in [0, 0.05) is 19.2 Å². The first-order valence-electron chi connectivity index (χ1n) is 8.14. The van der Waals surface area contributed by atoms with Crippen LogP contribution in [0.2, 0.25) is 0 Å². The van der Waals surface area contributed by atoms with Gasteiger partial charge in [0.25, 0.3) is 0 Å². The Morgan fingerprint density at radius 1 is 1.38 bits per heavy atom. The van der Waals surface area contributed by atoms with Crippen LogP contribution in [0.15, 0.2) is 16.7 Å². The van der Waals surface area contributed by atoms with Crippen LogP contribution in [0.3, 0.4) is 0 Å². The summed E-state index contributed by atoms with van der Waals surface area (Å²) < 4.78 is 11.0. The number of morpholine rings is 1. The van der Waals surface area contributed by atoms with E-state index < -0.39 is 0 Å². The number of anilines is 1. The van der Waals surface area contributed by atoms with Crippen LogP contribution in [0.25, 0.3) is 0 Å². The maximum atomic E-state index is 12.7. The van der Waals surface area contributed by atoms with E-state index >= 15 is 0 Å². The molecule has 24 heavy (non-hydrogen) atoms. The van der Waals surface area contributed by atoms with E-state index in [0.717, 1.165) is 25.0 Å². The van der Waals surface area contributed by atoms with Gasteiger partial charge in [0.15, 0.2) is 0 Å². The van der Waals surface area contributed by atoms with E-state index in [0.29, 0.717) is 37.2 Å². The number of pyridine rings is 1. The molecule has 0 bridgehead atoms. The number of ether oxygens (including phenoxy) is 1. The molecule has 1 aliphatic heterocycles. The van der Waals surface area contributed by atoms with Crippen molar-refractivity contribution in [2.45, 2.75) is 32.2 Å². The molecule has 8 nitrogen and oxygen atoms in total. The highest BCUT2D eigenvalue weighted by Gasteiger charge is 2.32. The smallest absolute Gasteiger partial charge is 0.322 e. The third-order valence-electron chi connectivity index (χ3n) is 4.39. The molecule has 126 valence electrons. The molecule has 0 aromatic carbocycles. The summed E-state index contributed by atoms with van der Waals surface area (Å²) in [6.07, 6.45) is 4.88. The van der Waals surface area contributed by atoms with Crippen LogP contribution in [0.1, 0.15) is 35.5 Å². The molecule has 8 heteroatoms. The monoisotopic (exact) mass is 329 g/mol. The lowest BCUT2D eigenvalue weighted by Crippen LogP contribution is -2.45. The minimum atomic E-state index is -0.373. The van der Waals surface area contributed by atoms with Crippen molar-refractivity contribution in [2.24, 2.45) is 0 Å². The van der Waals surface area contributed by atoms with Crippen LogP contribution in [-0.4, -0.2) is 45.9 Å². The van der Waals surface area contributed by atoms with Gasteiger partial charge in [-0.3, -0.25) is 4.98 Å². The van der Waals surface area contributed by atoms with Crippen molar-refractivity contribution in [1.29, 1.82) is 0 Å². The Kier molecular flexibility index (Phi) is 3.89. The van der Waals surface area contributed by atoms with Gasteiger partial charge >= 0.3 is 6.03 Å². The summed E-state index contributed by atoms with van der Waals surface area (Å²) >= 11 is 0. The summed E-state index contributed by atoms with van der Waals surface area (Å²) in [7, 11) is 0. The Morgan fingerprint density at radius 2 is 2.29 bits per heavy atom. The highest BCUT2D eigenvalue weighted by atomic mass is 16.5. The fraction of sp³-hybridized carbons (Fsp3) is 0.500. The summed E-state index contributed by atoms with van der Waals surface area (Å²) in [5, 5.41) is 10.8. The van der Waals surface area contributed by atoms with Crippen LogP contribution < -0.4 is 5.32 Å². The second-order valence-corrected chi connectivity index (χ2v) is 6.06. The van der Waals surface area contributed by atoms with Gasteiger partial charge in [0.1, 0.15) is 6.04 Å². The maximum Gasteiger partial charge on any atom is 0.322 e. The van der Waals surface area contributed by atoms with E-state index in [2.05, 4.69) is 20.5 Å². The number of rotatable bonds is 2. The van der Waals surface area contributed by atoms with Crippen LogP contribution in [0.4, 0.5) is 10.5 Å². The molecule has 1 N–H and O–H groups in total. The first-order chi connectivity index (χ1) is 11.7. The number of carbonyl (C=O) groups excluding carboxylic acids is 1. The first-order valence-corrected chi connectivity index (χ1v) is 8.14. The Labute approximate surface area is 139 Å². The van der Waals surface area contributed by atoms with E-state index in [9.17, 15) is 4.79 Å². The molecule has 0 unspecified atom stereocenters. The average molecular weight is 329 g/mol. The van der Waals surface area contributed by atoms with Crippen molar-refractivity contribution >= 4 is 11.7 Å². The van der Waals surface area contributed by atoms with E-state index in [1.165, 1.54) is 5.56 Å². The molecule has 4 rings (SSSR count). The molecular weight excluding hydrogens is 310 g/mol. The summed E-state index contributed by atoms with van der Waals surface area (Å²) in [5.41, 5.74) is 3.07. The van der Waals surface area contributed by atoms with Crippen LogP contribution in [0, 0.1) is 6.92 Å². The number of amides is 2. The molecule has 1 atom stereocenters. The standard InChI is InChI=1S/C16H19N5O3/c1-10-19-20-15(24-10)14-9-23-6-5-21(14)16(22)18-12-7-11-3-2-4-13(11)17-8-12/h7-8,14H,2-6,9H2,1H3,(H,18,22)/t14-/m1/s1. The molecule has 3 heterocycles. The third kappa shape index (κ3) is 2.84. The molecule has 2 aliphatic rings. The van der Waals surface area contributed by atoms with Crippen molar-refractivity contribution in [2.75, 3.05) is 25.1 Å². The highest BCUT2D eigenvalue weighted by molar-refractivity contribution is 5.89. The van der Waals surface area contributed by atoms with Gasteiger partial charge in [-0.2, -0.15) is 0 Å². The Balaban J connectivity index is 1.51. The third-order valence-corrected chi connectivity index (χ3v) is 4.39. The van der Waals surface area contributed by atoms with Gasteiger partial charge in [-0.05, 0) is 30.9 Å². The molecule has 0 saturated carbocycles. The van der Waals surface area contributed by atoms with Gasteiger partial charge in [-0.25, -0.2) is 4.79 Å². The van der Waals surface area contributed by atoms with Gasteiger partial charge in [-0.15, -0.1) is 10.2 Å². The maximum absolute atomic E-state index is 12.7. The summed E-state index contributed by atoms with van der Waals surface area (Å²) in [6.45, 7) is 3.02. The van der Waals surface area contributed by atoms with E-state index in [1.54, 1.807) is 18.0 Å². The number of aromatic nitrogens is 3. The Bertz CT molecular complexity index is 760. The zero-order valence-electron chi connectivity index (χ0n) is 13.5. The number of hydrogen-bond acceptors (Lipinski definition) is 6. The molecule has 1 aliphatic carbocycles. The zero-order chi connectivity index (χ0) is 16.5. The highest BCUT2D eigenvalue weighted by Crippen LogP contribution is 2.26. The van der Waals surface area contributed by atoms with Crippen molar-refractivity contribution < 1.29 is 13.9 Å². The van der Waals surface area contributed by atoms with Crippen LogP contribution >= 0.6 is 0 Å². The number of nitrogens with zero attached hydrogens (tertiary/aromatic N) is 4. The lowest BCUT2D eigenvalue weighted by Gasteiger charge is -2.33.